The predicted octanol–water partition coefficient (Wildman–Crippen LogP) is 4.22. The summed E-state index contributed by atoms with van der Waals surface area (Å²) < 4.78 is 11.1. The smallest absolute Gasteiger partial charge is 0.161 e. The number of hydrogen-bond donors (Lipinski definition) is 0. The molecule has 1 aromatic heterocycles. The van der Waals surface area contributed by atoms with Crippen molar-refractivity contribution in [3.63, 3.8) is 0 Å². The largest absolute Gasteiger partial charge is 0.545 e. The first-order chi connectivity index (χ1) is 14.1. The topological polar surface area (TPSA) is 71.5 Å². The molecule has 4 aromatic rings. The van der Waals surface area contributed by atoms with Crippen LogP contribution in [0.3, 0.4) is 0 Å². The molecule has 0 aliphatic carbocycles. The summed E-state index contributed by atoms with van der Waals surface area (Å²) in [5.74, 6) is -0.0127. The van der Waals surface area contributed by atoms with Gasteiger partial charge in [-0.15, -0.1) is 0 Å². The molecular formula is C24H20NO4-. The fourth-order valence-corrected chi connectivity index (χ4v) is 3.47. The number of pyridine rings is 1. The highest BCUT2D eigenvalue weighted by atomic mass is 16.5. The lowest BCUT2D eigenvalue weighted by Gasteiger charge is -2.15. The second-order valence-electron chi connectivity index (χ2n) is 6.74. The number of rotatable bonds is 6. The van der Waals surface area contributed by atoms with Gasteiger partial charge in [0.15, 0.2) is 11.5 Å². The van der Waals surface area contributed by atoms with Gasteiger partial charge in [-0.3, -0.25) is 0 Å². The highest BCUT2D eigenvalue weighted by Crippen LogP contribution is 2.35. The molecule has 0 saturated carbocycles. The van der Waals surface area contributed by atoms with E-state index in [0.29, 0.717) is 34.7 Å². The Morgan fingerprint density at radius 2 is 1.86 bits per heavy atom. The average Bonchev–Trinajstić information content (AvgIpc) is 2.76. The van der Waals surface area contributed by atoms with Gasteiger partial charge in [0.1, 0.15) is 0 Å². The highest BCUT2D eigenvalue weighted by Gasteiger charge is 2.13. The highest BCUT2D eigenvalue weighted by molar-refractivity contribution is 6.15. The standard InChI is InChI=1S/C24H21NO4/c1-3-12-29-21-11-9-16(13-22(21)28-2)20-14-18(24(26)27)23-17-7-5-4-6-15(17)8-10-19(23)25-20/h4-11,13-14H,3,12H2,1-2H3,(H,26,27)/p-1. The summed E-state index contributed by atoms with van der Waals surface area (Å²) in [7, 11) is 1.57. The van der Waals surface area contributed by atoms with E-state index in [1.807, 2.05) is 55.5 Å². The molecule has 5 heteroatoms. The number of carboxylic acid groups (broad SMARTS) is 1. The zero-order valence-corrected chi connectivity index (χ0v) is 16.3. The van der Waals surface area contributed by atoms with Crippen molar-refractivity contribution >= 4 is 27.6 Å². The van der Waals surface area contributed by atoms with Gasteiger partial charge in [0.25, 0.3) is 0 Å². The van der Waals surface area contributed by atoms with Crippen molar-refractivity contribution in [2.45, 2.75) is 13.3 Å². The van der Waals surface area contributed by atoms with Gasteiger partial charge in [-0.05, 0) is 47.5 Å². The average molecular weight is 386 g/mol. The summed E-state index contributed by atoms with van der Waals surface area (Å²) in [4.78, 5) is 16.7. The Hall–Kier alpha value is -3.60. The van der Waals surface area contributed by atoms with Crippen LogP contribution < -0.4 is 14.6 Å². The number of aromatic nitrogens is 1. The second kappa shape index (κ2) is 7.80. The van der Waals surface area contributed by atoms with Gasteiger partial charge in [-0.2, -0.15) is 0 Å². The first-order valence-corrected chi connectivity index (χ1v) is 9.47. The van der Waals surface area contributed by atoms with Crippen LogP contribution in [-0.4, -0.2) is 24.7 Å². The molecule has 1 heterocycles. The first-order valence-electron chi connectivity index (χ1n) is 9.47. The number of fused-ring (bicyclic) bond motifs is 3. The molecule has 0 N–H and O–H groups in total. The number of carbonyl (C=O) groups is 1. The molecule has 0 saturated heterocycles. The quantitative estimate of drug-likeness (QED) is 0.464. The lowest BCUT2D eigenvalue weighted by Crippen LogP contribution is -2.23. The van der Waals surface area contributed by atoms with E-state index in [9.17, 15) is 9.90 Å². The molecule has 3 aromatic carbocycles. The maximum absolute atomic E-state index is 12.0. The summed E-state index contributed by atoms with van der Waals surface area (Å²) >= 11 is 0. The van der Waals surface area contributed by atoms with Gasteiger partial charge in [0.05, 0.1) is 30.9 Å². The van der Waals surface area contributed by atoms with E-state index in [1.54, 1.807) is 19.2 Å². The van der Waals surface area contributed by atoms with Crippen LogP contribution in [0.25, 0.3) is 32.9 Å². The zero-order chi connectivity index (χ0) is 20.4. The van der Waals surface area contributed by atoms with Gasteiger partial charge in [0.2, 0.25) is 0 Å². The Morgan fingerprint density at radius 1 is 1.03 bits per heavy atom. The fraction of sp³-hybridized carbons (Fsp3) is 0.167. The van der Waals surface area contributed by atoms with Crippen molar-refractivity contribution in [3.05, 3.63) is 66.2 Å². The molecule has 0 bridgehead atoms. The molecule has 4 rings (SSSR count). The maximum atomic E-state index is 12.0. The van der Waals surface area contributed by atoms with E-state index in [4.69, 9.17) is 14.5 Å². The Balaban J connectivity index is 1.91. The van der Waals surface area contributed by atoms with Crippen LogP contribution >= 0.6 is 0 Å². The zero-order valence-electron chi connectivity index (χ0n) is 16.3. The minimum atomic E-state index is -1.23. The van der Waals surface area contributed by atoms with Crippen molar-refractivity contribution in [1.82, 2.24) is 4.98 Å². The van der Waals surface area contributed by atoms with E-state index < -0.39 is 5.97 Å². The summed E-state index contributed by atoms with van der Waals surface area (Å²) in [6.45, 7) is 2.62. The van der Waals surface area contributed by atoms with E-state index in [2.05, 4.69) is 0 Å². The van der Waals surface area contributed by atoms with Crippen molar-refractivity contribution in [1.29, 1.82) is 0 Å². The third-order valence-corrected chi connectivity index (χ3v) is 4.84. The molecule has 0 radical (unpaired) electrons. The summed E-state index contributed by atoms with van der Waals surface area (Å²) in [5.41, 5.74) is 1.99. The van der Waals surface area contributed by atoms with Crippen molar-refractivity contribution in [2.24, 2.45) is 0 Å². The second-order valence-corrected chi connectivity index (χ2v) is 6.74. The van der Waals surface area contributed by atoms with Crippen molar-refractivity contribution in [2.75, 3.05) is 13.7 Å². The van der Waals surface area contributed by atoms with E-state index in [-0.39, 0.29) is 5.56 Å². The van der Waals surface area contributed by atoms with Crippen molar-refractivity contribution < 1.29 is 19.4 Å². The number of benzene rings is 3. The molecule has 0 fully saturated rings. The summed E-state index contributed by atoms with van der Waals surface area (Å²) in [6.07, 6.45) is 0.889. The molecule has 0 aliphatic rings. The lowest BCUT2D eigenvalue weighted by atomic mass is 9.98. The van der Waals surface area contributed by atoms with Gasteiger partial charge in [0, 0.05) is 16.5 Å². The third kappa shape index (κ3) is 3.47. The van der Waals surface area contributed by atoms with E-state index in [0.717, 1.165) is 22.8 Å². The lowest BCUT2D eigenvalue weighted by molar-refractivity contribution is -0.254. The van der Waals surface area contributed by atoms with Crippen molar-refractivity contribution in [3.8, 4) is 22.8 Å². The first kappa shape index (κ1) is 18.7. The minimum absolute atomic E-state index is 0.118. The van der Waals surface area contributed by atoms with Crippen LogP contribution in [0, 0.1) is 0 Å². The number of ether oxygens (including phenoxy) is 2. The van der Waals surface area contributed by atoms with Crippen LogP contribution in [0.15, 0.2) is 60.7 Å². The molecule has 146 valence electrons. The molecule has 5 nitrogen and oxygen atoms in total. The maximum Gasteiger partial charge on any atom is 0.161 e. The SMILES string of the molecule is CCCOc1ccc(-c2cc(C(=O)[O-])c3c(ccc4ccccc43)n2)cc1OC. The Morgan fingerprint density at radius 3 is 2.62 bits per heavy atom. The van der Waals surface area contributed by atoms with Crippen LogP contribution in [0.2, 0.25) is 0 Å². The summed E-state index contributed by atoms with van der Waals surface area (Å²) in [6, 6.07) is 18.5. The van der Waals surface area contributed by atoms with E-state index in [1.165, 1.54) is 0 Å². The molecule has 0 atom stereocenters. The number of carboxylic acids is 1. The van der Waals surface area contributed by atoms with Gasteiger partial charge >= 0.3 is 0 Å². The number of aromatic carboxylic acids is 1. The molecule has 0 spiro atoms. The summed E-state index contributed by atoms with van der Waals surface area (Å²) in [5, 5.41) is 14.3. The Bertz CT molecular complexity index is 1220. The van der Waals surface area contributed by atoms with Crippen LogP contribution in [0.4, 0.5) is 0 Å². The van der Waals surface area contributed by atoms with Gasteiger partial charge in [-0.25, -0.2) is 4.98 Å². The number of carbonyl (C=O) groups excluding carboxylic acids is 1. The third-order valence-electron chi connectivity index (χ3n) is 4.84. The monoisotopic (exact) mass is 386 g/mol. The molecule has 0 unspecified atom stereocenters. The molecular weight excluding hydrogens is 366 g/mol. The predicted molar refractivity (Wildman–Crippen MR) is 111 cm³/mol. The Kier molecular flexibility index (Phi) is 5.04. The van der Waals surface area contributed by atoms with Gasteiger partial charge in [-0.1, -0.05) is 37.3 Å². The fourth-order valence-electron chi connectivity index (χ4n) is 3.47. The number of hydrogen-bond acceptors (Lipinski definition) is 5. The van der Waals surface area contributed by atoms with Gasteiger partial charge < -0.3 is 19.4 Å². The van der Waals surface area contributed by atoms with Crippen LogP contribution in [0.1, 0.15) is 23.7 Å². The Labute approximate surface area is 168 Å². The van der Waals surface area contributed by atoms with Crippen LogP contribution in [0.5, 0.6) is 11.5 Å². The minimum Gasteiger partial charge on any atom is -0.545 e. The van der Waals surface area contributed by atoms with Crippen LogP contribution in [-0.2, 0) is 0 Å². The number of nitrogens with zero attached hydrogens (tertiary/aromatic N) is 1. The molecule has 0 amide bonds. The molecule has 29 heavy (non-hydrogen) atoms. The number of methoxy groups -OCH3 is 1. The molecule has 0 aliphatic heterocycles. The normalized spacial score (nSPS) is 11.0. The van der Waals surface area contributed by atoms with E-state index >= 15 is 0 Å².